The third-order valence-corrected chi connectivity index (χ3v) is 6.38. The van der Waals surface area contributed by atoms with Crippen molar-refractivity contribution in [3.63, 3.8) is 0 Å². The number of hydrogen-bond acceptors (Lipinski definition) is 3. The maximum absolute atomic E-state index is 13.0. The minimum Gasteiger partial charge on any atom is -0.496 e. The molecule has 5 nitrogen and oxygen atoms in total. The van der Waals surface area contributed by atoms with Crippen LogP contribution in [0.3, 0.4) is 0 Å². The van der Waals surface area contributed by atoms with Crippen molar-refractivity contribution in [3.05, 3.63) is 52.8 Å². The van der Waals surface area contributed by atoms with Gasteiger partial charge in [0.2, 0.25) is 0 Å². The Balaban J connectivity index is 1.55. The van der Waals surface area contributed by atoms with E-state index in [9.17, 15) is 4.79 Å². The fraction of sp³-hybridized carbons (Fsp3) is 0.542. The number of benzene rings is 1. The number of piperidine rings is 1. The van der Waals surface area contributed by atoms with Crippen LogP contribution in [0.2, 0.25) is 0 Å². The summed E-state index contributed by atoms with van der Waals surface area (Å²) in [5.74, 6) is 1.64. The molecule has 0 radical (unpaired) electrons. The summed E-state index contributed by atoms with van der Waals surface area (Å²) in [5, 5.41) is 0. The summed E-state index contributed by atoms with van der Waals surface area (Å²) in [4.78, 5) is 17.4. The largest absolute Gasteiger partial charge is 0.496 e. The number of aryl methyl sites for hydroxylation is 1. The molecule has 2 aromatic rings. The van der Waals surface area contributed by atoms with Crippen LogP contribution >= 0.6 is 0 Å². The van der Waals surface area contributed by atoms with Crippen LogP contribution in [-0.4, -0.2) is 60.6 Å². The Morgan fingerprint density at radius 2 is 2.03 bits per heavy atom. The van der Waals surface area contributed by atoms with Gasteiger partial charge < -0.3 is 19.1 Å². The van der Waals surface area contributed by atoms with Crippen molar-refractivity contribution < 1.29 is 9.53 Å². The van der Waals surface area contributed by atoms with Crippen LogP contribution in [0.25, 0.3) is 0 Å². The molecule has 0 saturated carbocycles. The predicted octanol–water partition coefficient (Wildman–Crippen LogP) is 3.68. The number of amides is 1. The van der Waals surface area contributed by atoms with Crippen LogP contribution in [0.4, 0.5) is 0 Å². The highest BCUT2D eigenvalue weighted by molar-refractivity contribution is 5.95. The number of nitrogens with zero attached hydrogens (tertiary/aromatic N) is 3. The average Bonchev–Trinajstić information content (AvgIpc) is 2.99. The summed E-state index contributed by atoms with van der Waals surface area (Å²) in [6, 6.07) is 10.3. The Morgan fingerprint density at radius 1 is 1.28 bits per heavy atom. The summed E-state index contributed by atoms with van der Waals surface area (Å²) >= 11 is 0. The summed E-state index contributed by atoms with van der Waals surface area (Å²) in [6.45, 7) is 8.11. The number of carbonyl (C=O) groups is 1. The molecule has 0 bridgehead atoms. The molecule has 29 heavy (non-hydrogen) atoms. The summed E-state index contributed by atoms with van der Waals surface area (Å²) in [6.07, 6.45) is 3.38. The van der Waals surface area contributed by atoms with E-state index in [1.54, 1.807) is 7.11 Å². The zero-order valence-corrected chi connectivity index (χ0v) is 18.6. The van der Waals surface area contributed by atoms with Gasteiger partial charge in [-0.15, -0.1) is 0 Å². The molecular weight excluding hydrogens is 362 g/mol. The molecule has 1 aliphatic rings. The molecule has 3 rings (SSSR count). The minimum atomic E-state index is 0.136. The Hall–Kier alpha value is -2.27. The molecule has 2 heterocycles. The smallest absolute Gasteiger partial charge is 0.255 e. The number of likely N-dealkylation sites (tertiary alicyclic amines) is 1. The lowest BCUT2D eigenvalue weighted by Gasteiger charge is -2.34. The van der Waals surface area contributed by atoms with E-state index in [1.807, 2.05) is 51.0 Å². The van der Waals surface area contributed by atoms with Crippen LogP contribution in [-0.2, 0) is 13.5 Å². The van der Waals surface area contributed by atoms with E-state index >= 15 is 0 Å². The molecule has 1 aliphatic heterocycles. The Labute approximate surface area is 175 Å². The number of aromatic nitrogens is 1. The highest BCUT2D eigenvalue weighted by atomic mass is 16.5. The van der Waals surface area contributed by atoms with E-state index in [2.05, 4.69) is 21.6 Å². The van der Waals surface area contributed by atoms with E-state index in [0.29, 0.717) is 5.92 Å². The van der Waals surface area contributed by atoms with Gasteiger partial charge in [-0.2, -0.15) is 0 Å². The Bertz CT molecular complexity index is 843. The second kappa shape index (κ2) is 9.49. The lowest BCUT2D eigenvalue weighted by Crippen LogP contribution is -2.42. The Morgan fingerprint density at radius 3 is 2.72 bits per heavy atom. The third kappa shape index (κ3) is 5.02. The van der Waals surface area contributed by atoms with Gasteiger partial charge in [0, 0.05) is 45.1 Å². The maximum Gasteiger partial charge on any atom is 0.255 e. The first-order chi connectivity index (χ1) is 13.9. The zero-order chi connectivity index (χ0) is 21.0. The van der Waals surface area contributed by atoms with Crippen LogP contribution in [0.1, 0.15) is 40.2 Å². The molecule has 1 aromatic carbocycles. The van der Waals surface area contributed by atoms with Crippen molar-refractivity contribution in [1.82, 2.24) is 14.4 Å². The maximum atomic E-state index is 13.0. The van der Waals surface area contributed by atoms with Crippen molar-refractivity contribution >= 4 is 5.91 Å². The number of carbonyl (C=O) groups excluding carboxylic acids is 1. The molecule has 0 N–H and O–H groups in total. The number of ether oxygens (including phenoxy) is 1. The third-order valence-electron chi connectivity index (χ3n) is 6.38. The quantitative estimate of drug-likeness (QED) is 0.715. The number of methoxy groups -OCH3 is 1. The van der Waals surface area contributed by atoms with Gasteiger partial charge in [-0.1, -0.05) is 18.2 Å². The fourth-order valence-electron chi connectivity index (χ4n) is 4.44. The highest BCUT2D eigenvalue weighted by Gasteiger charge is 2.24. The molecule has 1 saturated heterocycles. The molecule has 1 atom stereocenters. The second-order valence-corrected chi connectivity index (χ2v) is 8.40. The number of rotatable bonds is 7. The molecule has 1 fully saturated rings. The van der Waals surface area contributed by atoms with Crippen LogP contribution in [0.15, 0.2) is 30.3 Å². The molecule has 1 aromatic heterocycles. The number of para-hydroxylation sites is 1. The molecule has 0 aliphatic carbocycles. The summed E-state index contributed by atoms with van der Waals surface area (Å²) in [7, 11) is 5.69. The first-order valence-electron chi connectivity index (χ1n) is 10.6. The second-order valence-electron chi connectivity index (χ2n) is 8.40. The average molecular weight is 398 g/mol. The molecule has 158 valence electrons. The van der Waals surface area contributed by atoms with Gasteiger partial charge in [0.25, 0.3) is 5.91 Å². The van der Waals surface area contributed by atoms with Crippen molar-refractivity contribution in [3.8, 4) is 5.75 Å². The number of hydrogen-bond donors (Lipinski definition) is 0. The standard InChI is InChI=1S/C24H35N3O2/c1-18-15-22(19(2)26(18)4)24(28)25(3)16-20-9-8-13-27(17-20)14-12-21-10-6-7-11-23(21)29-5/h6-7,10-11,15,20H,8-9,12-14,16-17H2,1-5H3/t20-/m1/s1. The lowest BCUT2D eigenvalue weighted by molar-refractivity contribution is 0.0729. The molecule has 0 unspecified atom stereocenters. The summed E-state index contributed by atoms with van der Waals surface area (Å²) < 4.78 is 7.57. The van der Waals surface area contributed by atoms with Gasteiger partial charge in [0.05, 0.1) is 12.7 Å². The summed E-state index contributed by atoms with van der Waals surface area (Å²) in [5.41, 5.74) is 4.26. The van der Waals surface area contributed by atoms with Gasteiger partial charge in [-0.3, -0.25) is 4.79 Å². The van der Waals surface area contributed by atoms with Gasteiger partial charge in [0.15, 0.2) is 0 Å². The first-order valence-corrected chi connectivity index (χ1v) is 10.6. The SMILES string of the molecule is COc1ccccc1CCN1CCC[C@H](CN(C)C(=O)c2cc(C)n(C)c2C)C1. The van der Waals surface area contributed by atoms with Crippen LogP contribution in [0, 0.1) is 19.8 Å². The molecule has 0 spiro atoms. The zero-order valence-electron chi connectivity index (χ0n) is 18.6. The van der Waals surface area contributed by atoms with E-state index in [4.69, 9.17) is 4.74 Å². The fourth-order valence-corrected chi connectivity index (χ4v) is 4.44. The predicted molar refractivity (Wildman–Crippen MR) is 118 cm³/mol. The normalized spacial score (nSPS) is 17.3. The highest BCUT2D eigenvalue weighted by Crippen LogP contribution is 2.22. The van der Waals surface area contributed by atoms with Crippen molar-refractivity contribution in [1.29, 1.82) is 0 Å². The van der Waals surface area contributed by atoms with Crippen molar-refractivity contribution in [2.24, 2.45) is 13.0 Å². The van der Waals surface area contributed by atoms with Gasteiger partial charge in [0.1, 0.15) is 5.75 Å². The van der Waals surface area contributed by atoms with Gasteiger partial charge in [-0.25, -0.2) is 0 Å². The Kier molecular flexibility index (Phi) is 7.01. The molecule has 1 amide bonds. The van der Waals surface area contributed by atoms with Crippen molar-refractivity contribution in [2.75, 3.05) is 40.3 Å². The van der Waals surface area contributed by atoms with Crippen molar-refractivity contribution in [2.45, 2.75) is 33.1 Å². The van der Waals surface area contributed by atoms with Crippen LogP contribution in [0.5, 0.6) is 5.75 Å². The topological polar surface area (TPSA) is 37.7 Å². The van der Waals surface area contributed by atoms with E-state index in [-0.39, 0.29) is 5.91 Å². The molecule has 5 heteroatoms. The minimum absolute atomic E-state index is 0.136. The van der Waals surface area contributed by atoms with E-state index in [0.717, 1.165) is 55.3 Å². The van der Waals surface area contributed by atoms with E-state index in [1.165, 1.54) is 18.4 Å². The van der Waals surface area contributed by atoms with Crippen LogP contribution < -0.4 is 4.74 Å². The lowest BCUT2D eigenvalue weighted by atomic mass is 9.96. The van der Waals surface area contributed by atoms with Gasteiger partial charge in [-0.05, 0) is 63.3 Å². The first kappa shape index (κ1) is 21.4. The molecular formula is C24H35N3O2. The monoisotopic (exact) mass is 397 g/mol. The van der Waals surface area contributed by atoms with E-state index < -0.39 is 0 Å². The van der Waals surface area contributed by atoms with Gasteiger partial charge >= 0.3 is 0 Å².